The highest BCUT2D eigenvalue weighted by atomic mass is 32.2. The van der Waals surface area contributed by atoms with E-state index in [9.17, 15) is 0 Å². The Balaban J connectivity index is 3.34. The maximum absolute atomic E-state index is 4.47. The monoisotopic (exact) mass is 433 g/mol. The molecule has 0 aliphatic carbocycles. The molecular formula is C29H39NS. The predicted molar refractivity (Wildman–Crippen MR) is 144 cm³/mol. The van der Waals surface area contributed by atoms with E-state index in [0.717, 1.165) is 28.2 Å². The van der Waals surface area contributed by atoms with Gasteiger partial charge in [0.1, 0.15) is 0 Å². The largest absolute Gasteiger partial charge is 0.297 e. The van der Waals surface area contributed by atoms with Crippen LogP contribution in [0.15, 0.2) is 87.3 Å². The van der Waals surface area contributed by atoms with Crippen molar-refractivity contribution in [2.45, 2.75) is 54.9 Å². The van der Waals surface area contributed by atoms with Crippen LogP contribution in [0.2, 0.25) is 0 Å². The lowest BCUT2D eigenvalue weighted by atomic mass is 9.90. The van der Waals surface area contributed by atoms with Crippen LogP contribution in [0.25, 0.3) is 5.57 Å². The van der Waals surface area contributed by atoms with Crippen molar-refractivity contribution in [1.82, 2.24) is 0 Å². The standard InChI is InChI=1S/C29H39NS/c1-12-19(2)17-22(5)26(9)31-27(10)23(6)29(18-21(4)25(8)30-11)24(7)28-15-13-20(3)14-16-28/h13-16,18,21-22H,1,7,9,17H2,2-6,8,10-11H3/b27-23-,29-18-,30-25?. The third-order valence-corrected chi connectivity index (χ3v) is 7.11. The van der Waals surface area contributed by atoms with Crippen molar-refractivity contribution < 1.29 is 0 Å². The first-order valence-electron chi connectivity index (χ1n) is 10.8. The van der Waals surface area contributed by atoms with Crippen LogP contribution in [-0.2, 0) is 0 Å². The number of allylic oxidation sites excluding steroid dienone is 7. The van der Waals surface area contributed by atoms with Crippen LogP contribution < -0.4 is 0 Å². The summed E-state index contributed by atoms with van der Waals surface area (Å²) in [4.78, 5) is 6.79. The van der Waals surface area contributed by atoms with Crippen molar-refractivity contribution in [2.75, 3.05) is 7.05 Å². The number of aliphatic imine (C=N–C) groups is 1. The highest BCUT2D eigenvalue weighted by molar-refractivity contribution is 8.06. The fraction of sp³-hybridized carbons (Fsp3) is 0.379. The molecular weight excluding hydrogens is 394 g/mol. The van der Waals surface area contributed by atoms with Gasteiger partial charge in [-0.25, -0.2) is 0 Å². The van der Waals surface area contributed by atoms with Crippen LogP contribution in [0.1, 0.15) is 59.1 Å². The molecule has 2 heteroatoms. The highest BCUT2D eigenvalue weighted by Gasteiger charge is 2.16. The third-order valence-electron chi connectivity index (χ3n) is 5.83. The molecule has 31 heavy (non-hydrogen) atoms. The summed E-state index contributed by atoms with van der Waals surface area (Å²) < 4.78 is 0. The Kier molecular flexibility index (Phi) is 10.8. The first-order chi connectivity index (χ1) is 14.5. The summed E-state index contributed by atoms with van der Waals surface area (Å²) in [5, 5.41) is 0. The summed E-state index contributed by atoms with van der Waals surface area (Å²) in [6.07, 6.45) is 3.23. The van der Waals surface area contributed by atoms with Gasteiger partial charge in [-0.1, -0.05) is 81.3 Å². The van der Waals surface area contributed by atoms with Crippen LogP contribution in [0.3, 0.4) is 0 Å². The highest BCUT2D eigenvalue weighted by Crippen LogP contribution is 2.38. The van der Waals surface area contributed by atoms with E-state index >= 15 is 0 Å². The second-order valence-electron chi connectivity index (χ2n) is 8.39. The van der Waals surface area contributed by atoms with E-state index in [2.05, 4.69) is 109 Å². The zero-order valence-electron chi connectivity index (χ0n) is 20.7. The van der Waals surface area contributed by atoms with Crippen molar-refractivity contribution in [3.8, 4) is 0 Å². The summed E-state index contributed by atoms with van der Waals surface area (Å²) in [5.41, 5.74) is 11.1. The zero-order valence-corrected chi connectivity index (χ0v) is 21.5. The average Bonchev–Trinajstić information content (AvgIpc) is 2.75. The molecule has 1 aromatic rings. The number of thioether (sulfide) groups is 1. The SMILES string of the molecule is C=C=C(C)CC(C)C(=C)S/C(C)=C(C)\C(=C\C(C)C(C)=NC)C(=C)c1ccc(C)cc1. The average molecular weight is 434 g/mol. The predicted octanol–water partition coefficient (Wildman–Crippen LogP) is 8.96. The van der Waals surface area contributed by atoms with Gasteiger partial charge < -0.3 is 0 Å². The summed E-state index contributed by atoms with van der Waals surface area (Å²) in [5.74, 6) is 0.598. The molecule has 0 amide bonds. The maximum Gasteiger partial charge on any atom is 0.0276 e. The Morgan fingerprint density at radius 1 is 1.10 bits per heavy atom. The van der Waals surface area contributed by atoms with Gasteiger partial charge in [0.25, 0.3) is 0 Å². The number of rotatable bonds is 10. The molecule has 0 aliphatic rings. The Labute approximate surface area is 195 Å². The lowest BCUT2D eigenvalue weighted by molar-refractivity contribution is 0.709. The van der Waals surface area contributed by atoms with E-state index in [4.69, 9.17) is 0 Å². The van der Waals surface area contributed by atoms with Crippen LogP contribution in [0.4, 0.5) is 0 Å². The van der Waals surface area contributed by atoms with Gasteiger partial charge in [-0.3, -0.25) is 4.99 Å². The van der Waals surface area contributed by atoms with Gasteiger partial charge in [-0.15, -0.1) is 5.73 Å². The lowest BCUT2D eigenvalue weighted by Gasteiger charge is -2.20. The second-order valence-corrected chi connectivity index (χ2v) is 9.73. The maximum atomic E-state index is 4.47. The summed E-state index contributed by atoms with van der Waals surface area (Å²) in [6, 6.07) is 8.58. The molecule has 2 atom stereocenters. The molecule has 0 aromatic heterocycles. The summed E-state index contributed by atoms with van der Waals surface area (Å²) >= 11 is 1.76. The molecule has 0 heterocycles. The lowest BCUT2D eigenvalue weighted by Crippen LogP contribution is -2.06. The molecule has 0 aliphatic heterocycles. The molecule has 1 nitrogen and oxygen atoms in total. The first kappa shape index (κ1) is 26.8. The van der Waals surface area contributed by atoms with Gasteiger partial charge in [-0.05, 0) is 84.6 Å². The van der Waals surface area contributed by atoms with E-state index < -0.39 is 0 Å². The molecule has 0 saturated carbocycles. The van der Waals surface area contributed by atoms with E-state index in [-0.39, 0.29) is 5.92 Å². The van der Waals surface area contributed by atoms with Crippen molar-refractivity contribution in [3.05, 3.63) is 93.5 Å². The minimum Gasteiger partial charge on any atom is -0.297 e. The quantitative estimate of drug-likeness (QED) is 0.204. The Morgan fingerprint density at radius 2 is 1.68 bits per heavy atom. The molecule has 166 valence electrons. The van der Waals surface area contributed by atoms with Crippen LogP contribution >= 0.6 is 11.8 Å². The normalized spacial score (nSPS) is 15.0. The van der Waals surface area contributed by atoms with Crippen LogP contribution in [0, 0.1) is 18.8 Å². The second kappa shape index (κ2) is 12.5. The third kappa shape index (κ3) is 8.05. The van der Waals surface area contributed by atoms with Crippen molar-refractivity contribution in [3.63, 3.8) is 0 Å². The van der Waals surface area contributed by atoms with E-state index in [1.165, 1.54) is 27.2 Å². The molecule has 1 aromatic carbocycles. The first-order valence-corrected chi connectivity index (χ1v) is 11.6. The molecule has 0 N–H and O–H groups in total. The minimum absolute atomic E-state index is 0.234. The van der Waals surface area contributed by atoms with Crippen molar-refractivity contribution >= 4 is 23.0 Å². The number of benzene rings is 1. The van der Waals surface area contributed by atoms with Gasteiger partial charge in [0.15, 0.2) is 0 Å². The molecule has 0 fully saturated rings. The van der Waals surface area contributed by atoms with Gasteiger partial charge in [-0.2, -0.15) is 0 Å². The molecule has 0 radical (unpaired) electrons. The molecule has 0 saturated heterocycles. The molecule has 0 spiro atoms. The van der Waals surface area contributed by atoms with Crippen LogP contribution in [0.5, 0.6) is 0 Å². The van der Waals surface area contributed by atoms with Crippen molar-refractivity contribution in [2.24, 2.45) is 16.8 Å². The molecule has 0 bridgehead atoms. The van der Waals surface area contributed by atoms with Gasteiger partial charge in [0.2, 0.25) is 0 Å². The molecule has 2 unspecified atom stereocenters. The number of hydrogen-bond acceptors (Lipinski definition) is 2. The number of aryl methyl sites for hydroxylation is 1. The smallest absolute Gasteiger partial charge is 0.0276 e. The topological polar surface area (TPSA) is 12.4 Å². The van der Waals surface area contributed by atoms with Gasteiger partial charge in [0.05, 0.1) is 0 Å². The summed E-state index contributed by atoms with van der Waals surface area (Å²) in [7, 11) is 1.85. The Hall–Kier alpha value is -2.28. The molecule has 1 rings (SSSR count). The summed E-state index contributed by atoms with van der Waals surface area (Å²) in [6.45, 7) is 27.6. The Bertz CT molecular complexity index is 947. The van der Waals surface area contributed by atoms with Gasteiger partial charge >= 0.3 is 0 Å². The van der Waals surface area contributed by atoms with Crippen molar-refractivity contribution in [1.29, 1.82) is 0 Å². The number of nitrogens with zero attached hydrogens (tertiary/aromatic N) is 1. The fourth-order valence-electron chi connectivity index (χ4n) is 3.15. The number of hydrogen-bond donors (Lipinski definition) is 0. The fourth-order valence-corrected chi connectivity index (χ4v) is 4.09. The van der Waals surface area contributed by atoms with E-state index in [1.54, 1.807) is 11.8 Å². The van der Waals surface area contributed by atoms with E-state index in [0.29, 0.717) is 5.92 Å². The van der Waals surface area contributed by atoms with E-state index in [1.807, 2.05) is 7.05 Å². The minimum atomic E-state index is 0.234. The Morgan fingerprint density at radius 3 is 2.19 bits per heavy atom. The zero-order chi connectivity index (χ0) is 23.7. The van der Waals surface area contributed by atoms with Gasteiger partial charge in [0, 0.05) is 18.7 Å². The van der Waals surface area contributed by atoms with Crippen LogP contribution in [-0.4, -0.2) is 12.8 Å².